The van der Waals surface area contributed by atoms with Gasteiger partial charge < -0.3 is 35.8 Å². The van der Waals surface area contributed by atoms with Gasteiger partial charge >= 0.3 is 0 Å². The fourth-order valence-electron chi connectivity index (χ4n) is 5.31. The van der Waals surface area contributed by atoms with Gasteiger partial charge in [0.05, 0.1) is 41.3 Å². The quantitative estimate of drug-likeness (QED) is 0.111. The first-order chi connectivity index (χ1) is 23.3. The molecule has 12 nitrogen and oxygen atoms in total. The van der Waals surface area contributed by atoms with Gasteiger partial charge in [-0.15, -0.1) is 0 Å². The number of aliphatic hydroxyl groups is 1. The number of aromatic nitrogens is 3. The number of anilines is 1. The van der Waals surface area contributed by atoms with Crippen molar-refractivity contribution >= 4 is 40.7 Å². The Hall–Kier alpha value is -4.33. The molecule has 1 unspecified atom stereocenters. The van der Waals surface area contributed by atoms with Crippen LogP contribution in [0.15, 0.2) is 54.9 Å². The Labute approximate surface area is 288 Å². The first-order valence-corrected chi connectivity index (χ1v) is 16.2. The van der Waals surface area contributed by atoms with E-state index < -0.39 is 5.91 Å². The number of hydrogen-bond acceptors (Lipinski definition) is 10. The Kier molecular flexibility index (Phi) is 12.2. The van der Waals surface area contributed by atoms with E-state index in [0.717, 1.165) is 17.5 Å². The Morgan fingerprint density at radius 2 is 1.85 bits per heavy atom. The molecule has 0 aliphatic carbocycles. The highest BCUT2D eigenvalue weighted by Crippen LogP contribution is 2.40. The van der Waals surface area contributed by atoms with E-state index in [2.05, 4.69) is 31.2 Å². The van der Waals surface area contributed by atoms with Gasteiger partial charge in [-0.25, -0.2) is 4.98 Å². The number of ether oxygens (including phenoxy) is 2. The van der Waals surface area contributed by atoms with Gasteiger partial charge in [0.15, 0.2) is 0 Å². The molecule has 1 aliphatic rings. The summed E-state index contributed by atoms with van der Waals surface area (Å²) in [6.07, 6.45) is 5.19. The van der Waals surface area contributed by atoms with Crippen LogP contribution in [0.4, 0.5) is 5.69 Å². The first-order valence-electron chi connectivity index (χ1n) is 15.5. The third kappa shape index (κ3) is 8.38. The molecule has 0 saturated carbocycles. The molecule has 48 heavy (non-hydrogen) atoms. The molecule has 0 radical (unpaired) electrons. The number of amides is 2. The number of nitrogens with zero attached hydrogens (tertiary/aromatic N) is 3. The van der Waals surface area contributed by atoms with Crippen molar-refractivity contribution in [1.29, 1.82) is 0 Å². The second-order valence-electron chi connectivity index (χ2n) is 11.1. The average molecular weight is 695 g/mol. The minimum atomic E-state index is -0.473. The normalized spacial score (nSPS) is 14.1. The molecule has 5 rings (SSSR count). The molecule has 1 fully saturated rings. The maximum Gasteiger partial charge on any atom is 0.274 e. The van der Waals surface area contributed by atoms with Crippen LogP contribution in [0, 0.1) is 0 Å². The Balaban J connectivity index is 1.32. The molecule has 1 aliphatic heterocycles. The number of aliphatic hydroxyl groups excluding tert-OH is 1. The number of hydrogen-bond donors (Lipinski definition) is 5. The first kappa shape index (κ1) is 35.0. The second kappa shape index (κ2) is 16.7. The third-order valence-electron chi connectivity index (χ3n) is 7.81. The molecule has 4 aromatic rings. The van der Waals surface area contributed by atoms with Crippen LogP contribution < -0.4 is 30.7 Å². The fourth-order valence-corrected chi connectivity index (χ4v) is 5.88. The highest BCUT2D eigenvalue weighted by Gasteiger charge is 2.22. The van der Waals surface area contributed by atoms with Crippen molar-refractivity contribution in [2.45, 2.75) is 38.4 Å². The molecule has 2 amide bonds. The monoisotopic (exact) mass is 693 g/mol. The van der Waals surface area contributed by atoms with E-state index in [9.17, 15) is 9.59 Å². The molecule has 0 bridgehead atoms. The molecule has 252 valence electrons. The SMILES string of the molecule is COc1cc(C(=O)Nc2cccc(-c3nccc(-c4ccc(CNCC5CCC(=O)N5)c(OC)n4)c3Cl)c2Cl)ncc1CNCCCO. The summed E-state index contributed by atoms with van der Waals surface area (Å²) < 4.78 is 11.1. The van der Waals surface area contributed by atoms with Crippen LogP contribution in [0.5, 0.6) is 11.6 Å². The van der Waals surface area contributed by atoms with Gasteiger partial charge in [-0.2, -0.15) is 0 Å². The molecule has 1 aromatic carbocycles. The molecule has 0 spiro atoms. The molecule has 4 heterocycles. The lowest BCUT2D eigenvalue weighted by molar-refractivity contribution is -0.119. The summed E-state index contributed by atoms with van der Waals surface area (Å²) in [5, 5.41) is 21.9. The number of methoxy groups -OCH3 is 2. The van der Waals surface area contributed by atoms with E-state index in [1.54, 1.807) is 49.8 Å². The van der Waals surface area contributed by atoms with Crippen LogP contribution in [-0.2, 0) is 17.9 Å². The number of benzene rings is 1. The smallest absolute Gasteiger partial charge is 0.274 e. The lowest BCUT2D eigenvalue weighted by Crippen LogP contribution is -2.35. The largest absolute Gasteiger partial charge is 0.496 e. The minimum Gasteiger partial charge on any atom is -0.496 e. The topological polar surface area (TPSA) is 160 Å². The van der Waals surface area contributed by atoms with E-state index in [1.807, 2.05) is 12.1 Å². The van der Waals surface area contributed by atoms with Crippen LogP contribution >= 0.6 is 23.2 Å². The standard InChI is InChI=1S/C34H37Cl2N7O5/c1-47-28-15-27(40-18-21(28)17-37-12-4-14-44)33(46)42-26-6-3-5-24(30(26)35)32-31(36)23(11-13-39-32)25-9-7-20(34(43-25)48-2)16-38-19-22-8-10-29(45)41-22/h3,5-7,9,11,13,15,18,22,37-38,44H,4,8,10,12,14,16-17,19H2,1-2H3,(H,41,45)(H,42,46). The van der Waals surface area contributed by atoms with Crippen LogP contribution in [0.1, 0.15) is 40.9 Å². The molecule has 3 aromatic heterocycles. The maximum absolute atomic E-state index is 13.2. The van der Waals surface area contributed by atoms with Crippen LogP contribution in [0.25, 0.3) is 22.5 Å². The second-order valence-corrected chi connectivity index (χ2v) is 11.8. The number of nitrogens with one attached hydrogen (secondary N) is 4. The summed E-state index contributed by atoms with van der Waals surface area (Å²) in [7, 11) is 3.08. The van der Waals surface area contributed by atoms with Gasteiger partial charge in [0, 0.05) is 79.4 Å². The maximum atomic E-state index is 13.2. The van der Waals surface area contributed by atoms with Gasteiger partial charge in [-0.3, -0.25) is 19.6 Å². The fraction of sp³-hybridized carbons (Fsp3) is 0.324. The number of halogens is 2. The summed E-state index contributed by atoms with van der Waals surface area (Å²) >= 11 is 13.8. The summed E-state index contributed by atoms with van der Waals surface area (Å²) in [6.45, 7) is 2.38. The van der Waals surface area contributed by atoms with Gasteiger partial charge in [0.2, 0.25) is 11.8 Å². The Morgan fingerprint density at radius 3 is 2.60 bits per heavy atom. The number of pyridine rings is 3. The summed E-state index contributed by atoms with van der Waals surface area (Å²) in [5.41, 5.74) is 4.28. The van der Waals surface area contributed by atoms with E-state index in [-0.39, 0.29) is 29.3 Å². The van der Waals surface area contributed by atoms with Crippen molar-refractivity contribution in [3.8, 4) is 34.1 Å². The minimum absolute atomic E-state index is 0.0802. The van der Waals surface area contributed by atoms with Gasteiger partial charge in [-0.05, 0) is 37.6 Å². The average Bonchev–Trinajstić information content (AvgIpc) is 3.52. The zero-order chi connectivity index (χ0) is 34.0. The van der Waals surface area contributed by atoms with Gasteiger partial charge in [0.1, 0.15) is 11.4 Å². The van der Waals surface area contributed by atoms with E-state index in [1.165, 1.54) is 7.11 Å². The van der Waals surface area contributed by atoms with Crippen molar-refractivity contribution in [3.63, 3.8) is 0 Å². The van der Waals surface area contributed by atoms with E-state index >= 15 is 0 Å². The van der Waals surface area contributed by atoms with E-state index in [4.69, 9.17) is 42.8 Å². The van der Waals surface area contributed by atoms with Gasteiger partial charge in [0.25, 0.3) is 5.91 Å². The van der Waals surface area contributed by atoms with Gasteiger partial charge in [-0.1, -0.05) is 41.4 Å². The van der Waals surface area contributed by atoms with Crippen molar-refractivity contribution in [2.24, 2.45) is 0 Å². The summed E-state index contributed by atoms with van der Waals surface area (Å²) in [5.74, 6) is 0.562. The van der Waals surface area contributed by atoms with Crippen LogP contribution in [-0.4, -0.2) is 71.8 Å². The highest BCUT2D eigenvalue weighted by molar-refractivity contribution is 6.39. The molecular formula is C34H37Cl2N7O5. The van der Waals surface area contributed by atoms with Crippen molar-refractivity contribution in [1.82, 2.24) is 30.9 Å². The predicted octanol–water partition coefficient (Wildman–Crippen LogP) is 4.62. The number of carbonyl (C=O) groups is 2. The Morgan fingerprint density at radius 1 is 1.02 bits per heavy atom. The molecule has 5 N–H and O–H groups in total. The summed E-state index contributed by atoms with van der Waals surface area (Å²) in [6, 6.07) is 12.4. The zero-order valence-electron chi connectivity index (χ0n) is 26.6. The molecule has 1 atom stereocenters. The molecular weight excluding hydrogens is 657 g/mol. The lowest BCUT2D eigenvalue weighted by atomic mass is 10.1. The zero-order valence-corrected chi connectivity index (χ0v) is 28.1. The van der Waals surface area contributed by atoms with Crippen LogP contribution in [0.3, 0.4) is 0 Å². The summed E-state index contributed by atoms with van der Waals surface area (Å²) in [4.78, 5) is 38.2. The molecule has 14 heteroatoms. The predicted molar refractivity (Wildman–Crippen MR) is 184 cm³/mol. The third-order valence-corrected chi connectivity index (χ3v) is 8.60. The van der Waals surface area contributed by atoms with Crippen molar-refractivity contribution in [2.75, 3.05) is 39.2 Å². The number of rotatable bonds is 15. The van der Waals surface area contributed by atoms with Crippen molar-refractivity contribution in [3.05, 3.63) is 81.7 Å². The highest BCUT2D eigenvalue weighted by atomic mass is 35.5. The number of carbonyl (C=O) groups excluding carboxylic acids is 2. The Bertz CT molecular complexity index is 1770. The van der Waals surface area contributed by atoms with E-state index in [0.29, 0.717) is 83.9 Å². The molecule has 1 saturated heterocycles. The van der Waals surface area contributed by atoms with Crippen molar-refractivity contribution < 1.29 is 24.2 Å². The van der Waals surface area contributed by atoms with Crippen LogP contribution in [0.2, 0.25) is 10.0 Å². The lowest BCUT2D eigenvalue weighted by Gasteiger charge is -2.15.